The average molecular weight is 199 g/mol. The highest BCUT2D eigenvalue weighted by molar-refractivity contribution is 6.29. The van der Waals surface area contributed by atoms with Gasteiger partial charge in [-0.25, -0.2) is 0 Å². The van der Waals surface area contributed by atoms with E-state index in [1.807, 2.05) is 6.07 Å². The highest BCUT2D eigenvalue weighted by atomic mass is 35.5. The van der Waals surface area contributed by atoms with Crippen LogP contribution in [0.15, 0.2) is 12.1 Å². The van der Waals surface area contributed by atoms with Gasteiger partial charge < -0.3 is 10.6 Å². The third-order valence-corrected chi connectivity index (χ3v) is 2.37. The molecule has 13 heavy (non-hydrogen) atoms. The van der Waals surface area contributed by atoms with Crippen molar-refractivity contribution in [3.05, 3.63) is 17.3 Å². The predicted octanol–water partition coefficient (Wildman–Crippen LogP) is 0.667. The summed E-state index contributed by atoms with van der Waals surface area (Å²) in [5.74, 6) is 0.859. The number of aromatic nitrogens is 2. The maximum Gasteiger partial charge on any atom is 0.151 e. The van der Waals surface area contributed by atoms with E-state index in [1.54, 1.807) is 6.07 Å². The Balaban J connectivity index is 2.13. The van der Waals surface area contributed by atoms with Crippen molar-refractivity contribution in [2.45, 2.75) is 12.5 Å². The van der Waals surface area contributed by atoms with E-state index >= 15 is 0 Å². The molecular formula is C8H11ClN4. The molecule has 1 saturated heterocycles. The lowest BCUT2D eigenvalue weighted by atomic mass is 10.3. The fourth-order valence-corrected chi connectivity index (χ4v) is 1.57. The van der Waals surface area contributed by atoms with Gasteiger partial charge in [0.25, 0.3) is 0 Å². The average Bonchev–Trinajstić information content (AvgIpc) is 2.53. The van der Waals surface area contributed by atoms with E-state index < -0.39 is 0 Å². The lowest BCUT2D eigenvalue weighted by Crippen LogP contribution is -2.26. The van der Waals surface area contributed by atoms with Crippen LogP contribution < -0.4 is 10.6 Å². The minimum absolute atomic E-state index is 0.262. The van der Waals surface area contributed by atoms with Crippen LogP contribution in [0.25, 0.3) is 0 Å². The third kappa shape index (κ3) is 1.89. The Morgan fingerprint density at radius 3 is 2.85 bits per heavy atom. The van der Waals surface area contributed by atoms with Crippen molar-refractivity contribution in [3.63, 3.8) is 0 Å². The third-order valence-electron chi connectivity index (χ3n) is 2.17. The molecule has 0 aliphatic carbocycles. The zero-order chi connectivity index (χ0) is 9.26. The Kier molecular flexibility index (Phi) is 2.33. The molecule has 0 amide bonds. The van der Waals surface area contributed by atoms with E-state index in [2.05, 4.69) is 15.1 Å². The first kappa shape index (κ1) is 8.72. The van der Waals surface area contributed by atoms with Crippen molar-refractivity contribution in [2.24, 2.45) is 5.73 Å². The number of rotatable bonds is 1. The largest absolute Gasteiger partial charge is 0.354 e. The predicted molar refractivity (Wildman–Crippen MR) is 51.8 cm³/mol. The van der Waals surface area contributed by atoms with E-state index in [-0.39, 0.29) is 6.04 Å². The Bertz CT molecular complexity index is 287. The van der Waals surface area contributed by atoms with Gasteiger partial charge >= 0.3 is 0 Å². The first-order valence-corrected chi connectivity index (χ1v) is 4.63. The minimum Gasteiger partial charge on any atom is -0.354 e. The number of nitrogens with two attached hydrogens (primary N) is 1. The molecule has 4 nitrogen and oxygen atoms in total. The second kappa shape index (κ2) is 3.47. The number of hydrogen-bond acceptors (Lipinski definition) is 4. The lowest BCUT2D eigenvalue weighted by molar-refractivity contribution is 0.750. The molecule has 1 fully saturated rings. The van der Waals surface area contributed by atoms with Gasteiger partial charge in [-0.2, -0.15) is 0 Å². The SMILES string of the molecule is N[C@@H]1CCN(c2ccc(Cl)nn2)C1. The standard InChI is InChI=1S/C8H11ClN4/c9-7-1-2-8(12-11-7)13-4-3-6(10)5-13/h1-2,6H,3-5,10H2/t6-/m1/s1. The van der Waals surface area contributed by atoms with Crippen molar-refractivity contribution in [1.29, 1.82) is 0 Å². The van der Waals surface area contributed by atoms with Gasteiger partial charge in [-0.05, 0) is 18.6 Å². The minimum atomic E-state index is 0.262. The highest BCUT2D eigenvalue weighted by Gasteiger charge is 2.20. The maximum absolute atomic E-state index is 5.78. The van der Waals surface area contributed by atoms with Crippen LogP contribution >= 0.6 is 11.6 Å². The molecule has 0 aromatic carbocycles. The Labute approximate surface area is 81.7 Å². The summed E-state index contributed by atoms with van der Waals surface area (Å²) in [5.41, 5.74) is 5.78. The highest BCUT2D eigenvalue weighted by Crippen LogP contribution is 2.16. The molecule has 1 aliphatic heterocycles. The molecule has 0 unspecified atom stereocenters. The van der Waals surface area contributed by atoms with Crippen LogP contribution in [0.3, 0.4) is 0 Å². The second-order valence-corrected chi connectivity index (χ2v) is 3.60. The molecule has 1 aromatic heterocycles. The van der Waals surface area contributed by atoms with Gasteiger partial charge in [0.15, 0.2) is 11.0 Å². The molecule has 0 bridgehead atoms. The van der Waals surface area contributed by atoms with E-state index in [0.29, 0.717) is 5.15 Å². The zero-order valence-corrected chi connectivity index (χ0v) is 7.91. The van der Waals surface area contributed by atoms with E-state index in [4.69, 9.17) is 17.3 Å². The van der Waals surface area contributed by atoms with Crippen molar-refractivity contribution in [3.8, 4) is 0 Å². The van der Waals surface area contributed by atoms with Gasteiger partial charge in [0, 0.05) is 19.1 Å². The lowest BCUT2D eigenvalue weighted by Gasteiger charge is -2.15. The van der Waals surface area contributed by atoms with Crippen LogP contribution in [0.5, 0.6) is 0 Å². The van der Waals surface area contributed by atoms with E-state index in [9.17, 15) is 0 Å². The summed E-state index contributed by atoms with van der Waals surface area (Å²) in [7, 11) is 0. The smallest absolute Gasteiger partial charge is 0.151 e. The van der Waals surface area contributed by atoms with Gasteiger partial charge in [-0.3, -0.25) is 0 Å². The van der Waals surface area contributed by atoms with Crippen molar-refractivity contribution in [2.75, 3.05) is 18.0 Å². The summed E-state index contributed by atoms with van der Waals surface area (Å²) in [6.07, 6.45) is 1.02. The van der Waals surface area contributed by atoms with Crippen LogP contribution in [-0.2, 0) is 0 Å². The van der Waals surface area contributed by atoms with Crippen LogP contribution in [0.1, 0.15) is 6.42 Å². The first-order chi connectivity index (χ1) is 6.25. The van der Waals surface area contributed by atoms with Crippen molar-refractivity contribution in [1.82, 2.24) is 10.2 Å². The summed E-state index contributed by atoms with van der Waals surface area (Å²) >= 11 is 5.63. The Morgan fingerprint density at radius 2 is 2.31 bits per heavy atom. The van der Waals surface area contributed by atoms with Crippen LogP contribution in [-0.4, -0.2) is 29.3 Å². The summed E-state index contributed by atoms with van der Waals surface area (Å²) in [4.78, 5) is 2.12. The van der Waals surface area contributed by atoms with Crippen LogP contribution in [0.2, 0.25) is 5.15 Å². The summed E-state index contributed by atoms with van der Waals surface area (Å²) in [6, 6.07) is 3.87. The fourth-order valence-electron chi connectivity index (χ4n) is 1.47. The second-order valence-electron chi connectivity index (χ2n) is 3.21. The monoisotopic (exact) mass is 198 g/mol. The Hall–Kier alpha value is -0.870. The molecule has 2 rings (SSSR count). The zero-order valence-electron chi connectivity index (χ0n) is 7.15. The van der Waals surface area contributed by atoms with E-state index in [1.165, 1.54) is 0 Å². The van der Waals surface area contributed by atoms with Gasteiger partial charge in [0.1, 0.15) is 0 Å². The summed E-state index contributed by atoms with van der Waals surface area (Å²) < 4.78 is 0. The molecule has 0 radical (unpaired) electrons. The molecule has 0 saturated carbocycles. The molecule has 1 atom stereocenters. The molecule has 1 aliphatic rings. The van der Waals surface area contributed by atoms with Crippen molar-refractivity contribution < 1.29 is 0 Å². The molecule has 5 heteroatoms. The quantitative estimate of drug-likeness (QED) is 0.721. The number of halogens is 1. The van der Waals surface area contributed by atoms with Gasteiger partial charge in [-0.15, -0.1) is 10.2 Å². The normalized spacial score (nSPS) is 22.3. The summed E-state index contributed by atoms with van der Waals surface area (Å²) in [5, 5.41) is 8.19. The topological polar surface area (TPSA) is 55.0 Å². The fraction of sp³-hybridized carbons (Fsp3) is 0.500. The van der Waals surface area contributed by atoms with E-state index in [0.717, 1.165) is 25.3 Å². The first-order valence-electron chi connectivity index (χ1n) is 4.25. The molecule has 70 valence electrons. The molecule has 0 spiro atoms. The summed E-state index contributed by atoms with van der Waals surface area (Å²) in [6.45, 7) is 1.81. The molecule has 2 heterocycles. The van der Waals surface area contributed by atoms with Gasteiger partial charge in [0.2, 0.25) is 0 Å². The molecule has 2 N–H and O–H groups in total. The maximum atomic E-state index is 5.78. The number of hydrogen-bond donors (Lipinski definition) is 1. The number of anilines is 1. The van der Waals surface area contributed by atoms with Gasteiger partial charge in [-0.1, -0.05) is 11.6 Å². The van der Waals surface area contributed by atoms with Gasteiger partial charge in [0.05, 0.1) is 0 Å². The van der Waals surface area contributed by atoms with Crippen LogP contribution in [0, 0.1) is 0 Å². The molecular weight excluding hydrogens is 188 g/mol. The van der Waals surface area contributed by atoms with Crippen molar-refractivity contribution >= 4 is 17.4 Å². The van der Waals surface area contributed by atoms with Crippen LogP contribution in [0.4, 0.5) is 5.82 Å². The number of nitrogens with zero attached hydrogens (tertiary/aromatic N) is 3. The Morgan fingerprint density at radius 1 is 1.46 bits per heavy atom. The molecule has 1 aromatic rings.